The predicted octanol–water partition coefficient (Wildman–Crippen LogP) is 4.59. The summed E-state index contributed by atoms with van der Waals surface area (Å²) in [6, 6.07) is 11.3. The third-order valence-electron chi connectivity index (χ3n) is 3.73. The number of carbonyl (C=O) groups is 1. The third-order valence-corrected chi connectivity index (χ3v) is 4.35. The molecule has 0 atom stereocenters. The average Bonchev–Trinajstić information content (AvgIpc) is 3.36. The summed E-state index contributed by atoms with van der Waals surface area (Å²) >= 11 is 8.85. The van der Waals surface area contributed by atoms with E-state index in [2.05, 4.69) is 26.2 Å². The molecule has 0 saturated heterocycles. The highest BCUT2D eigenvalue weighted by Gasteiger charge is 2.46. The molecule has 0 aliphatic heterocycles. The van der Waals surface area contributed by atoms with Gasteiger partial charge in [-0.2, -0.15) is 0 Å². The first-order valence-corrected chi connectivity index (χ1v) is 8.85. The average molecular weight is 412 g/mol. The number of aromatic nitrogens is 1. The predicted molar refractivity (Wildman–Crippen MR) is 94.6 cm³/mol. The van der Waals surface area contributed by atoms with Gasteiger partial charge >= 0.3 is 6.09 Å². The van der Waals surface area contributed by atoms with Crippen LogP contribution in [0.3, 0.4) is 0 Å². The summed E-state index contributed by atoms with van der Waals surface area (Å²) in [4.78, 5) is 15.9. The van der Waals surface area contributed by atoms with Crippen LogP contribution in [0.1, 0.15) is 18.4 Å². The summed E-state index contributed by atoms with van der Waals surface area (Å²) in [5.41, 5.74) is 0.694. The molecule has 1 fully saturated rings. The summed E-state index contributed by atoms with van der Waals surface area (Å²) in [6.45, 7) is 0.205. The lowest BCUT2D eigenvalue weighted by Gasteiger charge is -2.18. The molecule has 0 unspecified atom stereocenters. The number of hydrogen-bond acceptors (Lipinski definition) is 4. The zero-order chi connectivity index (χ0) is 17.0. The van der Waals surface area contributed by atoms with Gasteiger partial charge in [-0.05, 0) is 52.5 Å². The summed E-state index contributed by atoms with van der Waals surface area (Å²) < 4.78 is 11.6. The van der Waals surface area contributed by atoms with Crippen LogP contribution in [0.5, 0.6) is 11.6 Å². The van der Waals surface area contributed by atoms with E-state index in [9.17, 15) is 4.79 Å². The van der Waals surface area contributed by atoms with Gasteiger partial charge in [0.15, 0.2) is 0 Å². The Labute approximate surface area is 153 Å². The Kier molecular flexibility index (Phi) is 5.26. The number of benzene rings is 1. The summed E-state index contributed by atoms with van der Waals surface area (Å²) in [6.07, 6.45) is 3.02. The number of rotatable bonds is 6. The van der Waals surface area contributed by atoms with E-state index in [0.29, 0.717) is 11.6 Å². The Hall–Kier alpha value is -1.79. The molecule has 7 heteroatoms. The fourth-order valence-electron chi connectivity index (χ4n) is 2.36. The van der Waals surface area contributed by atoms with Crippen LogP contribution in [0.4, 0.5) is 4.79 Å². The van der Waals surface area contributed by atoms with Crippen molar-refractivity contribution in [3.63, 3.8) is 0 Å². The van der Waals surface area contributed by atoms with E-state index in [-0.39, 0.29) is 18.0 Å². The van der Waals surface area contributed by atoms with Crippen LogP contribution in [0, 0.1) is 0 Å². The zero-order valence-electron chi connectivity index (χ0n) is 12.8. The molecule has 1 aromatic heterocycles. The minimum atomic E-state index is -0.437. The quantitative estimate of drug-likeness (QED) is 0.706. The van der Waals surface area contributed by atoms with Gasteiger partial charge in [0.1, 0.15) is 12.4 Å². The van der Waals surface area contributed by atoms with E-state index < -0.39 is 6.09 Å². The maximum Gasteiger partial charge on any atom is 0.407 e. The lowest BCUT2D eigenvalue weighted by Crippen LogP contribution is -2.35. The fourth-order valence-corrected chi connectivity index (χ4v) is 2.67. The molecule has 1 aromatic carbocycles. The van der Waals surface area contributed by atoms with Crippen LogP contribution in [0.2, 0.25) is 0 Å². The van der Waals surface area contributed by atoms with Crippen molar-refractivity contribution in [1.82, 2.24) is 10.3 Å². The maximum absolute atomic E-state index is 11.7. The van der Waals surface area contributed by atoms with Crippen LogP contribution in [0.15, 0.2) is 47.1 Å². The lowest BCUT2D eigenvalue weighted by atomic mass is 10.1. The number of halogens is 2. The van der Waals surface area contributed by atoms with E-state index in [1.807, 2.05) is 30.3 Å². The van der Waals surface area contributed by atoms with Crippen LogP contribution < -0.4 is 10.1 Å². The van der Waals surface area contributed by atoms with Crippen LogP contribution in [0.25, 0.3) is 0 Å². The van der Waals surface area contributed by atoms with Crippen molar-refractivity contribution >= 4 is 33.6 Å². The number of carbonyl (C=O) groups excluding carboxylic acids is 1. The molecule has 0 bridgehead atoms. The summed E-state index contributed by atoms with van der Waals surface area (Å²) in [5.74, 6) is 1.50. The Morgan fingerprint density at radius 2 is 2.00 bits per heavy atom. The van der Waals surface area contributed by atoms with Crippen LogP contribution in [-0.2, 0) is 10.3 Å². The molecule has 0 radical (unpaired) electrons. The van der Waals surface area contributed by atoms with Crippen LogP contribution >= 0.6 is 27.5 Å². The van der Waals surface area contributed by atoms with Crippen molar-refractivity contribution in [3.8, 4) is 11.6 Å². The summed E-state index contributed by atoms with van der Waals surface area (Å²) in [7, 11) is 0. The first-order chi connectivity index (χ1) is 11.6. The van der Waals surface area contributed by atoms with E-state index in [4.69, 9.17) is 21.1 Å². The molecule has 1 heterocycles. The van der Waals surface area contributed by atoms with Gasteiger partial charge in [-0.3, -0.25) is 0 Å². The number of nitrogens with zero attached hydrogens (tertiary/aromatic N) is 1. The number of ether oxygens (including phenoxy) is 2. The maximum atomic E-state index is 11.7. The summed E-state index contributed by atoms with van der Waals surface area (Å²) in [5, 5.41) is 2.92. The van der Waals surface area contributed by atoms with Gasteiger partial charge in [-0.15, -0.1) is 11.6 Å². The second-order valence-corrected chi connectivity index (χ2v) is 6.77. The van der Waals surface area contributed by atoms with Gasteiger partial charge in [-0.25, -0.2) is 9.78 Å². The molecule has 1 aliphatic carbocycles. The molecule has 1 amide bonds. The molecular weight excluding hydrogens is 396 g/mol. The van der Waals surface area contributed by atoms with E-state index in [0.717, 1.165) is 22.9 Å². The first-order valence-electron chi connectivity index (χ1n) is 7.52. The highest BCUT2D eigenvalue weighted by molar-refractivity contribution is 9.10. The van der Waals surface area contributed by atoms with Crippen molar-refractivity contribution in [2.24, 2.45) is 0 Å². The monoisotopic (exact) mass is 410 g/mol. The number of hydrogen-bond donors (Lipinski definition) is 1. The SMILES string of the molecule is O=C(NC1(c2ccc(Oc3ccc(Br)cn3)cc2)CC1)OCCCl. The largest absolute Gasteiger partial charge is 0.448 e. The van der Waals surface area contributed by atoms with Gasteiger partial charge in [0.2, 0.25) is 5.88 Å². The molecule has 24 heavy (non-hydrogen) atoms. The molecule has 126 valence electrons. The normalized spacial score (nSPS) is 14.8. The Balaban J connectivity index is 1.63. The molecular formula is C17H16BrClN2O3. The Morgan fingerprint density at radius 1 is 1.25 bits per heavy atom. The van der Waals surface area contributed by atoms with Crippen molar-refractivity contribution in [3.05, 3.63) is 52.6 Å². The van der Waals surface area contributed by atoms with Gasteiger partial charge in [0.05, 0.1) is 11.4 Å². The smallest absolute Gasteiger partial charge is 0.407 e. The van der Waals surface area contributed by atoms with E-state index in [1.165, 1.54) is 0 Å². The van der Waals surface area contributed by atoms with Crippen molar-refractivity contribution in [2.75, 3.05) is 12.5 Å². The number of amides is 1. The third kappa shape index (κ3) is 4.19. The fraction of sp³-hybridized carbons (Fsp3) is 0.294. The molecule has 1 N–H and O–H groups in total. The number of alkyl halides is 1. The number of pyridine rings is 1. The topological polar surface area (TPSA) is 60.5 Å². The molecule has 1 aliphatic rings. The molecule has 0 spiro atoms. The number of alkyl carbamates (subject to hydrolysis) is 1. The van der Waals surface area contributed by atoms with Crippen molar-refractivity contribution < 1.29 is 14.3 Å². The zero-order valence-corrected chi connectivity index (χ0v) is 15.1. The van der Waals surface area contributed by atoms with Crippen molar-refractivity contribution in [1.29, 1.82) is 0 Å². The molecule has 2 aromatic rings. The van der Waals surface area contributed by atoms with Gasteiger partial charge < -0.3 is 14.8 Å². The first kappa shape index (κ1) is 17.0. The number of nitrogens with one attached hydrogen (secondary N) is 1. The molecule has 1 saturated carbocycles. The Bertz CT molecular complexity index is 703. The minimum absolute atomic E-state index is 0.205. The van der Waals surface area contributed by atoms with Crippen LogP contribution in [-0.4, -0.2) is 23.6 Å². The second kappa shape index (κ2) is 7.40. The molecule has 5 nitrogen and oxygen atoms in total. The van der Waals surface area contributed by atoms with E-state index >= 15 is 0 Å². The lowest BCUT2D eigenvalue weighted by molar-refractivity contribution is 0.147. The molecule has 3 rings (SSSR count). The van der Waals surface area contributed by atoms with Gasteiger partial charge in [-0.1, -0.05) is 12.1 Å². The van der Waals surface area contributed by atoms with E-state index in [1.54, 1.807) is 12.3 Å². The van der Waals surface area contributed by atoms with Crippen molar-refractivity contribution in [2.45, 2.75) is 18.4 Å². The standard InChI is InChI=1S/C17H16BrClN2O3/c18-13-3-6-15(20-11-13)24-14-4-1-12(2-5-14)17(7-8-17)21-16(22)23-10-9-19/h1-6,11H,7-10H2,(H,21,22). The second-order valence-electron chi connectivity index (χ2n) is 5.47. The van der Waals surface area contributed by atoms with Gasteiger partial charge in [0.25, 0.3) is 0 Å². The highest BCUT2D eigenvalue weighted by Crippen LogP contribution is 2.46. The van der Waals surface area contributed by atoms with Gasteiger partial charge in [0, 0.05) is 16.7 Å². The Morgan fingerprint density at radius 3 is 2.58 bits per heavy atom. The highest BCUT2D eigenvalue weighted by atomic mass is 79.9. The minimum Gasteiger partial charge on any atom is -0.448 e.